The van der Waals surface area contributed by atoms with E-state index in [1.54, 1.807) is 4.90 Å². The van der Waals surface area contributed by atoms with Crippen LogP contribution in [0.1, 0.15) is 24.0 Å². The van der Waals surface area contributed by atoms with Gasteiger partial charge >= 0.3 is 0 Å². The zero-order valence-electron chi connectivity index (χ0n) is 18.5. The van der Waals surface area contributed by atoms with Crippen molar-refractivity contribution in [3.05, 3.63) is 57.6 Å². The van der Waals surface area contributed by atoms with E-state index in [-0.39, 0.29) is 42.7 Å². The zero-order chi connectivity index (χ0) is 24.2. The first-order valence-electron chi connectivity index (χ1n) is 10.5. The van der Waals surface area contributed by atoms with Crippen LogP contribution in [0.2, 0.25) is 0 Å². The number of nitrogens with zero attached hydrogens (tertiary/aromatic N) is 3. The van der Waals surface area contributed by atoms with Gasteiger partial charge in [0.1, 0.15) is 4.90 Å². The number of non-ortho nitro benzene ring substituents is 1. The molecule has 0 aromatic heterocycles. The number of hydrogen-bond donors (Lipinski definition) is 0. The fourth-order valence-corrected chi connectivity index (χ4v) is 6.62. The smallest absolute Gasteiger partial charge is 0.270 e. The normalized spacial score (nSPS) is 14.9. The second kappa shape index (κ2) is 10.9. The van der Waals surface area contributed by atoms with Gasteiger partial charge in [-0.05, 0) is 43.5 Å². The van der Waals surface area contributed by atoms with E-state index in [9.17, 15) is 23.3 Å². The molecule has 11 heteroatoms. The number of alkyl halides is 1. The van der Waals surface area contributed by atoms with Crippen molar-refractivity contribution in [3.8, 4) is 0 Å². The number of rotatable bonds is 8. The first-order chi connectivity index (χ1) is 15.6. The summed E-state index contributed by atoms with van der Waals surface area (Å²) in [5, 5.41) is 11.4. The zero-order valence-corrected chi connectivity index (χ0v) is 20.9. The van der Waals surface area contributed by atoms with Crippen LogP contribution < -0.4 is 0 Å². The number of hydrogen-bond acceptors (Lipinski definition) is 6. The molecular formula is C22H26ClN3O5S2. The highest BCUT2D eigenvalue weighted by Gasteiger charge is 2.33. The molecular weight excluding hydrogens is 486 g/mol. The number of aryl methyl sites for hydroxylation is 2. The Balaban J connectivity index is 1.90. The van der Waals surface area contributed by atoms with E-state index in [0.29, 0.717) is 23.6 Å². The lowest BCUT2D eigenvalue weighted by molar-refractivity contribution is -0.385. The molecule has 0 bridgehead atoms. The Morgan fingerprint density at radius 3 is 2.42 bits per heavy atom. The monoisotopic (exact) mass is 511 g/mol. The topological polar surface area (TPSA) is 101 Å². The number of carbonyl (C=O) groups is 1. The number of carbonyl (C=O) groups excluding carboxylic acids is 1. The van der Waals surface area contributed by atoms with Gasteiger partial charge in [-0.25, -0.2) is 8.42 Å². The summed E-state index contributed by atoms with van der Waals surface area (Å²) in [5.41, 5.74) is 1.73. The lowest BCUT2D eigenvalue weighted by Crippen LogP contribution is -2.50. The molecule has 1 amide bonds. The molecule has 0 N–H and O–H groups in total. The number of nitro groups is 1. The molecule has 1 aliphatic rings. The summed E-state index contributed by atoms with van der Waals surface area (Å²) in [4.78, 5) is 25.9. The second-order valence-electron chi connectivity index (χ2n) is 7.84. The molecule has 2 aromatic carbocycles. The minimum atomic E-state index is -4.01. The van der Waals surface area contributed by atoms with Crippen molar-refractivity contribution in [2.24, 2.45) is 0 Å². The molecule has 1 saturated heterocycles. The molecule has 0 aliphatic carbocycles. The van der Waals surface area contributed by atoms with Crippen LogP contribution in [-0.2, 0) is 14.8 Å². The van der Waals surface area contributed by atoms with E-state index in [1.165, 1.54) is 28.2 Å². The van der Waals surface area contributed by atoms with Crippen LogP contribution in [0.4, 0.5) is 5.69 Å². The fourth-order valence-electron chi connectivity index (χ4n) is 3.53. The standard InChI is InChI=1S/C22H26ClN3O5S2/c1-16-5-6-17(2)20(14-16)32-19-8-7-18(26(28)29)15-21(19)33(30,31)25-12-10-24(11-13-25)22(27)4-3-9-23/h5-8,14-15H,3-4,9-13H2,1-2H3. The van der Waals surface area contributed by atoms with Crippen molar-refractivity contribution in [2.75, 3.05) is 32.1 Å². The van der Waals surface area contributed by atoms with Gasteiger partial charge in [0.25, 0.3) is 5.69 Å². The Morgan fingerprint density at radius 1 is 1.09 bits per heavy atom. The first-order valence-corrected chi connectivity index (χ1v) is 13.3. The average molecular weight is 512 g/mol. The summed E-state index contributed by atoms with van der Waals surface area (Å²) in [6.07, 6.45) is 0.906. The SMILES string of the molecule is Cc1ccc(C)c(Sc2ccc([N+](=O)[O-])cc2S(=O)(=O)N2CCN(C(=O)CCCCl)CC2)c1. The van der Waals surface area contributed by atoms with Crippen LogP contribution in [0.5, 0.6) is 0 Å². The van der Waals surface area contributed by atoms with E-state index >= 15 is 0 Å². The second-order valence-corrected chi connectivity index (χ2v) is 11.2. The fraction of sp³-hybridized carbons (Fsp3) is 0.409. The van der Waals surface area contributed by atoms with Crippen molar-refractivity contribution in [2.45, 2.75) is 41.4 Å². The third kappa shape index (κ3) is 6.06. The Morgan fingerprint density at radius 2 is 1.79 bits per heavy atom. The van der Waals surface area contributed by atoms with Gasteiger partial charge in [-0.3, -0.25) is 14.9 Å². The van der Waals surface area contributed by atoms with E-state index in [0.717, 1.165) is 22.1 Å². The summed E-state index contributed by atoms with van der Waals surface area (Å²) in [6.45, 7) is 4.69. The molecule has 1 aliphatic heterocycles. The van der Waals surface area contributed by atoms with Crippen LogP contribution in [0.15, 0.2) is 51.1 Å². The lowest BCUT2D eigenvalue weighted by atomic mass is 10.2. The maximum Gasteiger partial charge on any atom is 0.270 e. The van der Waals surface area contributed by atoms with Gasteiger partial charge < -0.3 is 4.90 Å². The molecule has 178 valence electrons. The number of piperazine rings is 1. The molecule has 0 spiro atoms. The number of halogens is 1. The van der Waals surface area contributed by atoms with E-state index in [2.05, 4.69) is 0 Å². The van der Waals surface area contributed by atoms with Gasteiger partial charge in [-0.15, -0.1) is 11.6 Å². The van der Waals surface area contributed by atoms with Crippen molar-refractivity contribution in [1.29, 1.82) is 0 Å². The summed E-state index contributed by atoms with van der Waals surface area (Å²) in [7, 11) is -4.01. The van der Waals surface area contributed by atoms with Crippen molar-refractivity contribution in [1.82, 2.24) is 9.21 Å². The third-order valence-corrected chi connectivity index (χ3v) is 9.01. The number of sulfonamides is 1. The summed E-state index contributed by atoms with van der Waals surface area (Å²) < 4.78 is 28.4. The first kappa shape index (κ1) is 25.5. The van der Waals surface area contributed by atoms with Gasteiger partial charge in [-0.1, -0.05) is 23.9 Å². The highest BCUT2D eigenvalue weighted by Crippen LogP contribution is 2.38. The summed E-state index contributed by atoms with van der Waals surface area (Å²) >= 11 is 6.93. The average Bonchev–Trinajstić information content (AvgIpc) is 2.80. The summed E-state index contributed by atoms with van der Waals surface area (Å²) in [6, 6.07) is 9.83. The molecule has 0 saturated carbocycles. The quantitative estimate of drug-likeness (QED) is 0.299. The van der Waals surface area contributed by atoms with Crippen LogP contribution >= 0.6 is 23.4 Å². The molecule has 0 radical (unpaired) electrons. The minimum Gasteiger partial charge on any atom is -0.340 e. The van der Waals surface area contributed by atoms with E-state index in [1.807, 2.05) is 32.0 Å². The Kier molecular flexibility index (Phi) is 8.38. The highest BCUT2D eigenvalue weighted by molar-refractivity contribution is 8.00. The molecule has 33 heavy (non-hydrogen) atoms. The van der Waals surface area contributed by atoms with Crippen LogP contribution in [-0.4, -0.2) is 60.5 Å². The molecule has 2 aromatic rings. The summed E-state index contributed by atoms with van der Waals surface area (Å²) in [5.74, 6) is 0.350. The number of nitro benzene ring substituents is 1. The van der Waals surface area contributed by atoms with Crippen molar-refractivity contribution >= 4 is 45.0 Å². The minimum absolute atomic E-state index is 0.0470. The largest absolute Gasteiger partial charge is 0.340 e. The molecule has 0 unspecified atom stereocenters. The Bertz CT molecular complexity index is 1150. The van der Waals surface area contributed by atoms with E-state index in [4.69, 9.17) is 11.6 Å². The molecule has 1 heterocycles. The number of benzene rings is 2. The highest BCUT2D eigenvalue weighted by atomic mass is 35.5. The maximum absolute atomic E-state index is 13.5. The molecule has 8 nitrogen and oxygen atoms in total. The molecule has 3 rings (SSSR count). The van der Waals surface area contributed by atoms with Gasteiger partial charge in [0.15, 0.2) is 0 Å². The Hall–Kier alpha value is -2.14. The molecule has 0 atom stereocenters. The van der Waals surface area contributed by atoms with Crippen LogP contribution in [0, 0.1) is 24.0 Å². The van der Waals surface area contributed by atoms with Crippen molar-refractivity contribution in [3.63, 3.8) is 0 Å². The van der Waals surface area contributed by atoms with Gasteiger partial charge in [0, 0.05) is 60.4 Å². The predicted octanol–water partition coefficient (Wildman–Crippen LogP) is 4.21. The number of amides is 1. The van der Waals surface area contributed by atoms with Crippen LogP contribution in [0.25, 0.3) is 0 Å². The maximum atomic E-state index is 13.5. The van der Waals surface area contributed by atoms with Gasteiger partial charge in [0.05, 0.1) is 4.92 Å². The van der Waals surface area contributed by atoms with Crippen molar-refractivity contribution < 1.29 is 18.1 Å². The van der Waals surface area contributed by atoms with E-state index < -0.39 is 14.9 Å². The predicted molar refractivity (Wildman–Crippen MR) is 128 cm³/mol. The van der Waals surface area contributed by atoms with Crippen LogP contribution in [0.3, 0.4) is 0 Å². The third-order valence-electron chi connectivity index (χ3n) is 5.44. The van der Waals surface area contributed by atoms with Gasteiger partial charge in [-0.2, -0.15) is 4.31 Å². The Labute approximate surface area is 203 Å². The molecule has 1 fully saturated rings. The lowest BCUT2D eigenvalue weighted by Gasteiger charge is -2.34. The van der Waals surface area contributed by atoms with Gasteiger partial charge in [0.2, 0.25) is 15.9 Å².